The van der Waals surface area contributed by atoms with Gasteiger partial charge in [0, 0.05) is 11.3 Å². The zero-order valence-corrected chi connectivity index (χ0v) is 12.8. The van der Waals surface area contributed by atoms with Crippen LogP contribution < -0.4 is 5.73 Å². The van der Waals surface area contributed by atoms with Crippen molar-refractivity contribution in [3.05, 3.63) is 21.6 Å². The maximum atomic E-state index is 6.12. The number of hydrogen-bond acceptors (Lipinski definition) is 6. The SMILES string of the molecule is CN1CCC(c2nc(-c3nc(N)ncc3Cl)cs2)CC1. The second-order valence-electron chi connectivity index (χ2n) is 5.07. The molecule has 1 aliphatic heterocycles. The van der Waals surface area contributed by atoms with Gasteiger partial charge < -0.3 is 10.6 Å². The summed E-state index contributed by atoms with van der Waals surface area (Å²) in [6.45, 7) is 2.25. The quantitative estimate of drug-likeness (QED) is 0.923. The molecule has 3 heterocycles. The maximum absolute atomic E-state index is 6.12. The smallest absolute Gasteiger partial charge is 0.220 e. The third-order valence-corrected chi connectivity index (χ3v) is 4.88. The van der Waals surface area contributed by atoms with Crippen LogP contribution in [0.4, 0.5) is 5.95 Å². The molecule has 0 saturated carbocycles. The van der Waals surface area contributed by atoms with Crippen molar-refractivity contribution in [3.8, 4) is 11.4 Å². The molecule has 0 aliphatic carbocycles. The molecule has 0 radical (unpaired) electrons. The van der Waals surface area contributed by atoms with E-state index in [0.29, 0.717) is 16.6 Å². The maximum Gasteiger partial charge on any atom is 0.220 e. The van der Waals surface area contributed by atoms with E-state index in [1.165, 1.54) is 11.2 Å². The predicted molar refractivity (Wildman–Crippen MR) is 82.0 cm³/mol. The van der Waals surface area contributed by atoms with Crippen LogP contribution in [0.1, 0.15) is 23.8 Å². The molecule has 0 aromatic carbocycles. The average Bonchev–Trinajstić information content (AvgIpc) is 2.92. The number of likely N-dealkylation sites (tertiary alicyclic amines) is 1. The van der Waals surface area contributed by atoms with Crippen LogP contribution in [0, 0.1) is 0 Å². The molecule has 2 aromatic heterocycles. The van der Waals surface area contributed by atoms with Gasteiger partial charge in [-0.1, -0.05) is 11.6 Å². The van der Waals surface area contributed by atoms with Crippen LogP contribution in [0.25, 0.3) is 11.4 Å². The number of hydrogen-bond donors (Lipinski definition) is 1. The Morgan fingerprint density at radius 3 is 2.85 bits per heavy atom. The molecule has 0 unspecified atom stereocenters. The lowest BCUT2D eigenvalue weighted by atomic mass is 9.98. The van der Waals surface area contributed by atoms with E-state index in [2.05, 4.69) is 21.9 Å². The second-order valence-corrected chi connectivity index (χ2v) is 6.37. The average molecular weight is 310 g/mol. The number of rotatable bonds is 2. The number of piperidine rings is 1. The molecule has 0 atom stereocenters. The first kappa shape index (κ1) is 13.7. The number of nitrogens with zero attached hydrogens (tertiary/aromatic N) is 4. The van der Waals surface area contributed by atoms with E-state index in [9.17, 15) is 0 Å². The van der Waals surface area contributed by atoms with Gasteiger partial charge in [0.25, 0.3) is 0 Å². The van der Waals surface area contributed by atoms with Crippen LogP contribution in [0.3, 0.4) is 0 Å². The summed E-state index contributed by atoms with van der Waals surface area (Å²) >= 11 is 7.80. The predicted octanol–water partition coefficient (Wildman–Crippen LogP) is 2.64. The van der Waals surface area contributed by atoms with E-state index in [-0.39, 0.29) is 5.95 Å². The summed E-state index contributed by atoms with van der Waals surface area (Å²) in [5.74, 6) is 0.765. The van der Waals surface area contributed by atoms with E-state index in [1.54, 1.807) is 11.3 Å². The summed E-state index contributed by atoms with van der Waals surface area (Å²) in [6.07, 6.45) is 3.83. The first-order chi connectivity index (χ1) is 9.63. The summed E-state index contributed by atoms with van der Waals surface area (Å²) in [5, 5.41) is 3.65. The topological polar surface area (TPSA) is 67.9 Å². The van der Waals surface area contributed by atoms with Gasteiger partial charge in [-0.25, -0.2) is 15.0 Å². The molecule has 1 fully saturated rings. The van der Waals surface area contributed by atoms with Crippen molar-refractivity contribution in [2.24, 2.45) is 0 Å². The van der Waals surface area contributed by atoms with E-state index in [0.717, 1.165) is 31.6 Å². The molecular formula is C13H16ClN5S. The van der Waals surface area contributed by atoms with E-state index < -0.39 is 0 Å². The Labute approximate surface area is 126 Å². The molecule has 106 valence electrons. The Morgan fingerprint density at radius 1 is 1.35 bits per heavy atom. The molecule has 7 heteroatoms. The van der Waals surface area contributed by atoms with Crippen molar-refractivity contribution >= 4 is 28.9 Å². The lowest BCUT2D eigenvalue weighted by molar-refractivity contribution is 0.255. The summed E-state index contributed by atoms with van der Waals surface area (Å²) in [5.41, 5.74) is 7.03. The van der Waals surface area contributed by atoms with Crippen LogP contribution in [0.15, 0.2) is 11.6 Å². The van der Waals surface area contributed by atoms with Crippen molar-refractivity contribution in [1.82, 2.24) is 19.9 Å². The lowest BCUT2D eigenvalue weighted by Gasteiger charge is -2.27. The summed E-state index contributed by atoms with van der Waals surface area (Å²) < 4.78 is 0. The fraction of sp³-hybridized carbons (Fsp3) is 0.462. The Bertz CT molecular complexity index is 607. The zero-order valence-electron chi connectivity index (χ0n) is 11.2. The Kier molecular flexibility index (Phi) is 3.87. The minimum Gasteiger partial charge on any atom is -0.368 e. The third kappa shape index (κ3) is 2.77. The van der Waals surface area contributed by atoms with Gasteiger partial charge in [-0.05, 0) is 33.0 Å². The Hall–Kier alpha value is -1.24. The molecule has 0 spiro atoms. The molecule has 20 heavy (non-hydrogen) atoms. The molecule has 1 saturated heterocycles. The van der Waals surface area contributed by atoms with Crippen molar-refractivity contribution < 1.29 is 0 Å². The van der Waals surface area contributed by atoms with Crippen molar-refractivity contribution in [3.63, 3.8) is 0 Å². The number of halogens is 1. The first-order valence-corrected chi connectivity index (χ1v) is 7.81. The van der Waals surface area contributed by atoms with Gasteiger partial charge in [0.2, 0.25) is 5.95 Å². The van der Waals surface area contributed by atoms with Crippen molar-refractivity contribution in [2.45, 2.75) is 18.8 Å². The second kappa shape index (κ2) is 5.63. The number of nitrogen functional groups attached to an aromatic ring is 1. The molecule has 0 amide bonds. The highest BCUT2D eigenvalue weighted by Gasteiger charge is 2.22. The summed E-state index contributed by atoms with van der Waals surface area (Å²) in [7, 11) is 2.16. The van der Waals surface area contributed by atoms with Gasteiger partial charge in [0.15, 0.2) is 0 Å². The largest absolute Gasteiger partial charge is 0.368 e. The van der Waals surface area contributed by atoms with Gasteiger partial charge in [0.1, 0.15) is 11.4 Å². The van der Waals surface area contributed by atoms with Gasteiger partial charge in [-0.15, -0.1) is 11.3 Å². The van der Waals surface area contributed by atoms with Gasteiger partial charge >= 0.3 is 0 Å². The fourth-order valence-electron chi connectivity index (χ4n) is 2.40. The molecule has 2 aromatic rings. The van der Waals surface area contributed by atoms with Crippen molar-refractivity contribution in [2.75, 3.05) is 25.9 Å². The lowest BCUT2D eigenvalue weighted by Crippen LogP contribution is -2.29. The zero-order chi connectivity index (χ0) is 14.1. The molecule has 2 N–H and O–H groups in total. The first-order valence-electron chi connectivity index (χ1n) is 6.56. The molecule has 3 rings (SSSR count). The Morgan fingerprint density at radius 2 is 2.10 bits per heavy atom. The summed E-state index contributed by atoms with van der Waals surface area (Å²) in [4.78, 5) is 15.1. The van der Waals surface area contributed by atoms with Crippen LogP contribution in [-0.2, 0) is 0 Å². The van der Waals surface area contributed by atoms with Gasteiger partial charge in [-0.3, -0.25) is 0 Å². The fourth-order valence-corrected chi connectivity index (χ4v) is 3.56. The standard InChI is InChI=1S/C13H16ClN5S/c1-19-4-2-8(3-5-19)12-17-10(7-20-12)11-9(14)6-16-13(15)18-11/h6-8H,2-5H2,1H3,(H2,15,16,18). The normalized spacial score (nSPS) is 17.5. The number of nitrogens with two attached hydrogens (primary N) is 1. The monoisotopic (exact) mass is 309 g/mol. The number of anilines is 1. The van der Waals surface area contributed by atoms with Crippen LogP contribution in [0.5, 0.6) is 0 Å². The van der Waals surface area contributed by atoms with Crippen LogP contribution in [-0.4, -0.2) is 40.0 Å². The van der Waals surface area contributed by atoms with Crippen LogP contribution in [0.2, 0.25) is 5.02 Å². The highest BCUT2D eigenvalue weighted by atomic mass is 35.5. The summed E-state index contributed by atoms with van der Waals surface area (Å²) in [6, 6.07) is 0. The minimum absolute atomic E-state index is 0.221. The highest BCUT2D eigenvalue weighted by molar-refractivity contribution is 7.10. The number of aromatic nitrogens is 3. The van der Waals surface area contributed by atoms with Crippen molar-refractivity contribution in [1.29, 1.82) is 0 Å². The van der Waals surface area contributed by atoms with E-state index in [4.69, 9.17) is 22.3 Å². The van der Waals surface area contributed by atoms with Gasteiger partial charge in [-0.2, -0.15) is 0 Å². The van der Waals surface area contributed by atoms with E-state index >= 15 is 0 Å². The molecule has 5 nitrogen and oxygen atoms in total. The number of thiazole rings is 1. The Balaban J connectivity index is 1.85. The minimum atomic E-state index is 0.221. The molecular weight excluding hydrogens is 294 g/mol. The highest BCUT2D eigenvalue weighted by Crippen LogP contribution is 2.33. The molecule has 1 aliphatic rings. The van der Waals surface area contributed by atoms with Crippen LogP contribution >= 0.6 is 22.9 Å². The van der Waals surface area contributed by atoms with E-state index in [1.807, 2.05) is 5.38 Å². The van der Waals surface area contributed by atoms with Gasteiger partial charge in [0.05, 0.1) is 16.2 Å². The third-order valence-electron chi connectivity index (χ3n) is 3.60. The molecule has 0 bridgehead atoms.